The van der Waals surface area contributed by atoms with Crippen molar-refractivity contribution < 1.29 is 22.7 Å². The summed E-state index contributed by atoms with van der Waals surface area (Å²) in [6.07, 6.45) is -0.738. The molecule has 0 aliphatic carbocycles. The maximum atomic E-state index is 12.1. The quantitative estimate of drug-likeness (QED) is 0.576. The Balaban J connectivity index is 1.85. The van der Waals surface area contributed by atoms with Gasteiger partial charge in [0, 0.05) is 30.0 Å². The number of nitrogens with one attached hydrogen (secondary N) is 1. The van der Waals surface area contributed by atoms with E-state index in [-0.39, 0.29) is 6.61 Å². The minimum atomic E-state index is -3.69. The zero-order valence-electron chi connectivity index (χ0n) is 17.6. The van der Waals surface area contributed by atoms with Crippen LogP contribution in [-0.2, 0) is 14.6 Å². The Labute approximate surface area is 178 Å². The number of benzene rings is 2. The minimum absolute atomic E-state index is 0.327. The Bertz CT molecular complexity index is 970. The number of hydrogen-bond acceptors (Lipinski definition) is 6. The highest BCUT2D eigenvalue weighted by molar-refractivity contribution is 7.92. The molecular weight excluding hydrogens is 404 g/mol. The van der Waals surface area contributed by atoms with E-state index in [9.17, 15) is 18.0 Å². The first kappa shape index (κ1) is 23.4. The van der Waals surface area contributed by atoms with E-state index in [0.717, 1.165) is 24.3 Å². The highest BCUT2D eigenvalue weighted by Gasteiger charge is 2.19. The topological polar surface area (TPSA) is 92.8 Å². The van der Waals surface area contributed by atoms with Crippen LogP contribution in [-0.4, -0.2) is 51.5 Å². The van der Waals surface area contributed by atoms with Gasteiger partial charge in [-0.2, -0.15) is 0 Å². The molecule has 0 saturated carbocycles. The van der Waals surface area contributed by atoms with E-state index >= 15 is 0 Å². The second-order valence-corrected chi connectivity index (χ2v) is 9.00. The van der Waals surface area contributed by atoms with Crippen molar-refractivity contribution in [2.75, 3.05) is 41.4 Å². The number of carbonyl (C=O) groups excluding carboxylic acids is 2. The molecule has 7 nitrogen and oxygen atoms in total. The number of nitrogens with zero attached hydrogens (tertiary/aromatic N) is 1. The number of anilines is 2. The summed E-state index contributed by atoms with van der Waals surface area (Å²) in [5.74, 6) is -1.52. The molecule has 0 aliphatic heterocycles. The second kappa shape index (κ2) is 10.8. The lowest BCUT2D eigenvalue weighted by atomic mass is 10.1. The summed E-state index contributed by atoms with van der Waals surface area (Å²) < 4.78 is 29.3. The Morgan fingerprint density at radius 1 is 1.03 bits per heavy atom. The molecule has 2 rings (SSSR count). The summed E-state index contributed by atoms with van der Waals surface area (Å²) in [5, 5.41) is 2.62. The van der Waals surface area contributed by atoms with E-state index in [2.05, 4.69) is 24.1 Å². The van der Waals surface area contributed by atoms with E-state index in [4.69, 9.17) is 4.74 Å². The van der Waals surface area contributed by atoms with Gasteiger partial charge in [0.1, 0.15) is 12.4 Å². The predicted octanol–water partition coefficient (Wildman–Crippen LogP) is 3.69. The highest BCUT2D eigenvalue weighted by atomic mass is 32.2. The van der Waals surface area contributed by atoms with Crippen LogP contribution >= 0.6 is 0 Å². The van der Waals surface area contributed by atoms with E-state index in [1.54, 1.807) is 36.4 Å². The number of rotatable bonds is 10. The van der Waals surface area contributed by atoms with Gasteiger partial charge in [-0.1, -0.05) is 30.3 Å². The van der Waals surface area contributed by atoms with Gasteiger partial charge < -0.3 is 9.64 Å². The SMILES string of the molecule is CCN(CC)c1ccc(NC(=O)OCCS(=O)(=O)CC(=O)c2ccccc2)c(C)c1. The van der Waals surface area contributed by atoms with Crippen molar-refractivity contribution in [2.24, 2.45) is 0 Å². The molecular formula is C22H28N2O5S. The lowest BCUT2D eigenvalue weighted by molar-refractivity contribution is 0.102. The molecule has 1 amide bonds. The smallest absolute Gasteiger partial charge is 0.411 e. The highest BCUT2D eigenvalue weighted by Crippen LogP contribution is 2.22. The third-order valence-corrected chi connectivity index (χ3v) is 6.14. The van der Waals surface area contributed by atoms with E-state index < -0.39 is 33.2 Å². The fourth-order valence-electron chi connectivity index (χ4n) is 2.96. The van der Waals surface area contributed by atoms with Crippen LogP contribution in [0.25, 0.3) is 0 Å². The third-order valence-electron chi connectivity index (χ3n) is 4.65. The van der Waals surface area contributed by atoms with Gasteiger partial charge in [0.2, 0.25) is 0 Å². The van der Waals surface area contributed by atoms with Crippen LogP contribution < -0.4 is 10.2 Å². The van der Waals surface area contributed by atoms with Crippen molar-refractivity contribution in [1.82, 2.24) is 0 Å². The van der Waals surface area contributed by atoms with Crippen LogP contribution in [0.2, 0.25) is 0 Å². The fraction of sp³-hybridized carbons (Fsp3) is 0.364. The number of carbonyl (C=O) groups is 2. The predicted molar refractivity (Wildman–Crippen MR) is 119 cm³/mol. The normalized spacial score (nSPS) is 11.0. The first-order chi connectivity index (χ1) is 14.3. The molecule has 1 N–H and O–H groups in total. The van der Waals surface area contributed by atoms with Crippen molar-refractivity contribution in [3.8, 4) is 0 Å². The molecule has 2 aromatic rings. The minimum Gasteiger partial charge on any atom is -0.448 e. The van der Waals surface area contributed by atoms with Gasteiger partial charge in [-0.3, -0.25) is 10.1 Å². The van der Waals surface area contributed by atoms with E-state index in [1.807, 2.05) is 19.1 Å². The van der Waals surface area contributed by atoms with Crippen molar-refractivity contribution in [1.29, 1.82) is 0 Å². The van der Waals surface area contributed by atoms with Gasteiger partial charge in [0.05, 0.1) is 5.75 Å². The van der Waals surface area contributed by atoms with Crippen LogP contribution in [0.4, 0.5) is 16.2 Å². The lowest BCUT2D eigenvalue weighted by Crippen LogP contribution is -2.24. The van der Waals surface area contributed by atoms with Crippen LogP contribution in [0.15, 0.2) is 48.5 Å². The summed E-state index contributed by atoms with van der Waals surface area (Å²) in [6.45, 7) is 7.46. The average molecular weight is 433 g/mol. The van der Waals surface area contributed by atoms with Crippen LogP contribution in [0.5, 0.6) is 0 Å². The first-order valence-corrected chi connectivity index (χ1v) is 11.7. The van der Waals surface area contributed by atoms with Crippen molar-refractivity contribution in [3.05, 3.63) is 59.7 Å². The van der Waals surface area contributed by atoms with Gasteiger partial charge in [-0.25, -0.2) is 13.2 Å². The van der Waals surface area contributed by atoms with Gasteiger partial charge >= 0.3 is 6.09 Å². The molecule has 162 valence electrons. The number of sulfone groups is 1. The molecule has 0 atom stereocenters. The standard InChI is InChI=1S/C22H28N2O5S/c1-4-24(5-2)19-11-12-20(17(3)15-19)23-22(26)29-13-14-30(27,28)16-21(25)18-9-7-6-8-10-18/h6-12,15H,4-5,13-14,16H2,1-3H3,(H,23,26). The molecule has 0 saturated heterocycles. The van der Waals surface area contributed by atoms with Gasteiger partial charge in [-0.05, 0) is 44.5 Å². The lowest BCUT2D eigenvalue weighted by Gasteiger charge is -2.22. The molecule has 2 aromatic carbocycles. The molecule has 0 heterocycles. The summed E-state index contributed by atoms with van der Waals surface area (Å²) in [5.41, 5.74) is 2.87. The Morgan fingerprint density at radius 2 is 1.70 bits per heavy atom. The van der Waals surface area contributed by atoms with Crippen molar-refractivity contribution >= 4 is 33.1 Å². The monoisotopic (exact) mass is 432 g/mol. The summed E-state index contributed by atoms with van der Waals surface area (Å²) in [7, 11) is -3.69. The molecule has 30 heavy (non-hydrogen) atoms. The maximum absolute atomic E-state index is 12.1. The maximum Gasteiger partial charge on any atom is 0.411 e. The number of aryl methyl sites for hydroxylation is 1. The number of ether oxygens (including phenoxy) is 1. The van der Waals surface area contributed by atoms with Crippen molar-refractivity contribution in [2.45, 2.75) is 20.8 Å². The molecule has 0 spiro atoms. The third kappa shape index (κ3) is 6.88. The Kier molecular flexibility index (Phi) is 8.41. The summed E-state index contributed by atoms with van der Waals surface area (Å²) in [4.78, 5) is 26.3. The summed E-state index contributed by atoms with van der Waals surface area (Å²) in [6, 6.07) is 13.9. The van der Waals surface area contributed by atoms with Gasteiger partial charge in [-0.15, -0.1) is 0 Å². The molecule has 0 radical (unpaired) electrons. The molecule has 0 aromatic heterocycles. The molecule has 0 aliphatic rings. The fourth-order valence-corrected chi connectivity index (χ4v) is 4.01. The second-order valence-electron chi connectivity index (χ2n) is 6.81. The molecule has 0 unspecified atom stereocenters. The number of Topliss-reactive ketones (excluding diaryl/α,β-unsaturated/α-hetero) is 1. The van der Waals surface area contributed by atoms with Crippen LogP contribution in [0.3, 0.4) is 0 Å². The molecule has 0 bridgehead atoms. The number of amides is 1. The van der Waals surface area contributed by atoms with Crippen molar-refractivity contribution in [3.63, 3.8) is 0 Å². The largest absolute Gasteiger partial charge is 0.448 e. The number of ketones is 1. The summed E-state index contributed by atoms with van der Waals surface area (Å²) >= 11 is 0. The van der Waals surface area contributed by atoms with Gasteiger partial charge in [0.25, 0.3) is 0 Å². The van der Waals surface area contributed by atoms with E-state index in [1.165, 1.54) is 0 Å². The molecule has 8 heteroatoms. The average Bonchev–Trinajstić information content (AvgIpc) is 2.71. The number of hydrogen-bond donors (Lipinski definition) is 1. The Morgan fingerprint density at radius 3 is 2.30 bits per heavy atom. The van der Waals surface area contributed by atoms with Crippen LogP contribution in [0, 0.1) is 6.92 Å². The Hall–Kier alpha value is -2.87. The van der Waals surface area contributed by atoms with Crippen LogP contribution in [0.1, 0.15) is 29.8 Å². The molecule has 0 fully saturated rings. The first-order valence-electron chi connectivity index (χ1n) is 9.83. The zero-order valence-corrected chi connectivity index (χ0v) is 18.4. The van der Waals surface area contributed by atoms with E-state index in [0.29, 0.717) is 11.3 Å². The van der Waals surface area contributed by atoms with Gasteiger partial charge in [0.15, 0.2) is 15.6 Å². The zero-order chi connectivity index (χ0) is 22.1.